The van der Waals surface area contributed by atoms with Crippen molar-refractivity contribution in [3.8, 4) is 17.0 Å². The number of anilines is 3. The van der Waals surface area contributed by atoms with Crippen molar-refractivity contribution in [2.75, 3.05) is 38.0 Å². The van der Waals surface area contributed by atoms with Gasteiger partial charge in [-0.3, -0.25) is 4.98 Å². The molecule has 150 valence electrons. The topological polar surface area (TPSA) is 118 Å². The van der Waals surface area contributed by atoms with Crippen molar-refractivity contribution in [2.45, 2.75) is 0 Å². The molecule has 1 aromatic carbocycles. The van der Waals surface area contributed by atoms with Crippen LogP contribution in [-0.2, 0) is 4.74 Å². The minimum atomic E-state index is -0.457. The Morgan fingerprint density at radius 1 is 1.10 bits per heavy atom. The number of pyridine rings is 1. The Morgan fingerprint density at radius 3 is 2.59 bits per heavy atom. The molecule has 3 rings (SSSR count). The van der Waals surface area contributed by atoms with Gasteiger partial charge in [-0.1, -0.05) is 0 Å². The van der Waals surface area contributed by atoms with Gasteiger partial charge in [0.1, 0.15) is 11.6 Å². The highest BCUT2D eigenvalue weighted by Gasteiger charge is 2.13. The summed E-state index contributed by atoms with van der Waals surface area (Å²) in [5.41, 5.74) is 2.43. The number of aliphatic hydroxyl groups excluding tert-OH is 1. The fourth-order valence-corrected chi connectivity index (χ4v) is 2.62. The Morgan fingerprint density at radius 2 is 1.90 bits per heavy atom. The molecule has 29 heavy (non-hydrogen) atoms. The van der Waals surface area contributed by atoms with Gasteiger partial charge in [-0.05, 0) is 30.3 Å². The summed E-state index contributed by atoms with van der Waals surface area (Å²) in [5, 5.41) is 15.2. The van der Waals surface area contributed by atoms with E-state index in [1.165, 1.54) is 14.2 Å². The lowest BCUT2D eigenvalue weighted by molar-refractivity contribution is 0.0600. The molecule has 0 aliphatic heterocycles. The van der Waals surface area contributed by atoms with Gasteiger partial charge in [0.15, 0.2) is 0 Å². The van der Waals surface area contributed by atoms with Crippen LogP contribution < -0.4 is 15.4 Å². The number of carbonyl (C=O) groups is 1. The Balaban J connectivity index is 2.00. The highest BCUT2D eigenvalue weighted by atomic mass is 16.5. The standard InChI is InChI=1S/C20H21N5O4/c1-28-17-4-3-14(19(27)29-2)11-16(17)23-18-12-15(13-5-7-21-8-6-13)24-20(25-18)22-9-10-26/h3-8,11-12,26H,9-10H2,1-2H3,(H2,22,23,24,25). The van der Waals surface area contributed by atoms with Crippen LogP contribution in [0.4, 0.5) is 17.5 Å². The van der Waals surface area contributed by atoms with Gasteiger partial charge in [-0.2, -0.15) is 4.98 Å². The van der Waals surface area contributed by atoms with E-state index in [9.17, 15) is 4.79 Å². The average Bonchev–Trinajstić information content (AvgIpc) is 2.77. The lowest BCUT2D eigenvalue weighted by Gasteiger charge is -2.14. The zero-order valence-corrected chi connectivity index (χ0v) is 16.0. The number of hydrogen-bond donors (Lipinski definition) is 3. The van der Waals surface area contributed by atoms with Gasteiger partial charge in [0, 0.05) is 30.6 Å². The molecule has 0 saturated heterocycles. The van der Waals surface area contributed by atoms with Crippen LogP contribution in [0, 0.1) is 0 Å². The minimum Gasteiger partial charge on any atom is -0.495 e. The number of aromatic nitrogens is 3. The number of esters is 1. The van der Waals surface area contributed by atoms with Gasteiger partial charge in [0.25, 0.3) is 0 Å². The van der Waals surface area contributed by atoms with Crippen LogP contribution in [0.1, 0.15) is 10.4 Å². The van der Waals surface area contributed by atoms with E-state index in [-0.39, 0.29) is 6.61 Å². The Hall–Kier alpha value is -3.72. The molecule has 0 aliphatic rings. The van der Waals surface area contributed by atoms with Gasteiger partial charge >= 0.3 is 5.97 Å². The van der Waals surface area contributed by atoms with Crippen LogP contribution in [0.3, 0.4) is 0 Å². The summed E-state index contributed by atoms with van der Waals surface area (Å²) in [4.78, 5) is 24.8. The highest BCUT2D eigenvalue weighted by molar-refractivity contribution is 5.91. The van der Waals surface area contributed by atoms with Crippen LogP contribution in [0.5, 0.6) is 5.75 Å². The number of benzene rings is 1. The average molecular weight is 395 g/mol. The first-order valence-corrected chi connectivity index (χ1v) is 8.82. The molecule has 0 radical (unpaired) electrons. The van der Waals surface area contributed by atoms with Gasteiger partial charge < -0.3 is 25.2 Å². The molecule has 2 aromatic heterocycles. The molecule has 0 bridgehead atoms. The zero-order valence-electron chi connectivity index (χ0n) is 16.0. The van der Waals surface area contributed by atoms with Crippen molar-refractivity contribution in [3.63, 3.8) is 0 Å². The molecule has 0 unspecified atom stereocenters. The maximum atomic E-state index is 11.9. The zero-order chi connectivity index (χ0) is 20.6. The second-order valence-corrected chi connectivity index (χ2v) is 5.88. The van der Waals surface area contributed by atoms with Crippen LogP contribution in [-0.4, -0.2) is 53.4 Å². The molecule has 0 fully saturated rings. The number of rotatable bonds is 8. The molecule has 2 heterocycles. The molecule has 9 nitrogen and oxygen atoms in total. The smallest absolute Gasteiger partial charge is 0.337 e. The molecular weight excluding hydrogens is 374 g/mol. The SMILES string of the molecule is COC(=O)c1ccc(OC)c(Nc2cc(-c3ccncc3)nc(NCCO)n2)c1. The monoisotopic (exact) mass is 395 g/mol. The van der Waals surface area contributed by atoms with E-state index < -0.39 is 5.97 Å². The molecule has 0 saturated carbocycles. The molecule has 9 heteroatoms. The highest BCUT2D eigenvalue weighted by Crippen LogP contribution is 2.30. The van der Waals surface area contributed by atoms with E-state index in [1.807, 2.05) is 12.1 Å². The predicted octanol–water partition coefficient (Wildman–Crippen LogP) is 2.48. The minimum absolute atomic E-state index is 0.0550. The van der Waals surface area contributed by atoms with Crippen LogP contribution in [0.15, 0.2) is 48.8 Å². The van der Waals surface area contributed by atoms with Crippen LogP contribution >= 0.6 is 0 Å². The number of nitrogens with one attached hydrogen (secondary N) is 2. The lowest BCUT2D eigenvalue weighted by atomic mass is 10.1. The van der Waals surface area contributed by atoms with Gasteiger partial charge in [0.05, 0.1) is 37.8 Å². The Bertz CT molecular complexity index is 982. The summed E-state index contributed by atoms with van der Waals surface area (Å²) in [6.45, 7) is 0.251. The van der Waals surface area contributed by atoms with Crippen molar-refractivity contribution in [2.24, 2.45) is 0 Å². The number of methoxy groups -OCH3 is 2. The van der Waals surface area contributed by atoms with Crippen molar-refractivity contribution < 1.29 is 19.4 Å². The molecule has 0 aliphatic carbocycles. The second kappa shape index (κ2) is 9.47. The van der Waals surface area contributed by atoms with Crippen molar-refractivity contribution in [1.82, 2.24) is 15.0 Å². The van der Waals surface area contributed by atoms with Gasteiger partial charge in [-0.15, -0.1) is 0 Å². The fraction of sp³-hybridized carbons (Fsp3) is 0.200. The van der Waals surface area contributed by atoms with Crippen molar-refractivity contribution in [1.29, 1.82) is 0 Å². The van der Waals surface area contributed by atoms with Crippen LogP contribution in [0.25, 0.3) is 11.3 Å². The Labute approximate surface area is 167 Å². The van der Waals surface area contributed by atoms with E-state index in [4.69, 9.17) is 14.6 Å². The number of ether oxygens (including phenoxy) is 2. The molecule has 3 N–H and O–H groups in total. The third-order valence-corrected chi connectivity index (χ3v) is 3.98. The van der Waals surface area contributed by atoms with E-state index in [1.54, 1.807) is 36.7 Å². The summed E-state index contributed by atoms with van der Waals surface area (Å²) in [7, 11) is 2.86. The molecule has 0 spiro atoms. The number of hydrogen-bond acceptors (Lipinski definition) is 9. The molecule has 0 atom stereocenters. The number of nitrogens with zero attached hydrogens (tertiary/aromatic N) is 3. The van der Waals surface area contributed by atoms with Crippen molar-refractivity contribution >= 4 is 23.4 Å². The normalized spacial score (nSPS) is 10.3. The maximum absolute atomic E-state index is 11.9. The van der Waals surface area contributed by atoms with Crippen LogP contribution in [0.2, 0.25) is 0 Å². The summed E-state index contributed by atoms with van der Waals surface area (Å²) in [6, 6.07) is 10.3. The fourth-order valence-electron chi connectivity index (χ4n) is 2.62. The summed E-state index contributed by atoms with van der Waals surface area (Å²) < 4.78 is 10.2. The third kappa shape index (κ3) is 4.96. The maximum Gasteiger partial charge on any atom is 0.337 e. The van der Waals surface area contributed by atoms with E-state index in [0.717, 1.165) is 5.56 Å². The first-order valence-electron chi connectivity index (χ1n) is 8.82. The molecule has 0 amide bonds. The second-order valence-electron chi connectivity index (χ2n) is 5.88. The van der Waals surface area contributed by atoms with E-state index in [0.29, 0.717) is 41.0 Å². The van der Waals surface area contributed by atoms with Gasteiger partial charge in [-0.25, -0.2) is 9.78 Å². The quantitative estimate of drug-likeness (QED) is 0.494. The Kier molecular flexibility index (Phi) is 6.54. The summed E-state index contributed by atoms with van der Waals surface area (Å²) in [5.74, 6) is 0.902. The van der Waals surface area contributed by atoms with Gasteiger partial charge in [0.2, 0.25) is 5.95 Å². The predicted molar refractivity (Wildman–Crippen MR) is 108 cm³/mol. The van der Waals surface area contributed by atoms with E-state index in [2.05, 4.69) is 25.6 Å². The third-order valence-electron chi connectivity index (χ3n) is 3.98. The lowest BCUT2D eigenvalue weighted by Crippen LogP contribution is -2.10. The first kappa shape index (κ1) is 20.0. The summed E-state index contributed by atoms with van der Waals surface area (Å²) in [6.07, 6.45) is 3.35. The summed E-state index contributed by atoms with van der Waals surface area (Å²) >= 11 is 0. The largest absolute Gasteiger partial charge is 0.495 e. The first-order chi connectivity index (χ1) is 14.1. The van der Waals surface area contributed by atoms with Crippen molar-refractivity contribution in [3.05, 3.63) is 54.4 Å². The number of aliphatic hydroxyl groups is 1. The van der Waals surface area contributed by atoms with E-state index >= 15 is 0 Å². The molecule has 3 aromatic rings. The number of carbonyl (C=O) groups excluding carboxylic acids is 1. The molecular formula is C20H21N5O4.